The zero-order chi connectivity index (χ0) is 3.41. The van der Waals surface area contributed by atoms with Crippen molar-refractivity contribution in [1.29, 1.82) is 0 Å². The fraction of sp³-hybridized carbons (Fsp3) is 0.500. The molecule has 0 aliphatic carbocycles. The summed E-state index contributed by atoms with van der Waals surface area (Å²) in [7, 11) is 3.62. The summed E-state index contributed by atoms with van der Waals surface area (Å²) in [4.78, 5) is 0. The van der Waals surface area contributed by atoms with Gasteiger partial charge >= 0.3 is 35.6 Å². The Morgan fingerprint density at radius 1 is 2.00 bits per heavy atom. The number of hydrogen-bond donors (Lipinski definition) is 0. The fourth-order valence-corrected chi connectivity index (χ4v) is 0. The molecular formula is C2H2BrP. The van der Waals surface area contributed by atoms with Crippen LogP contribution in [0, 0.1) is 5.63 Å². The van der Waals surface area contributed by atoms with Gasteiger partial charge in [-0.3, -0.25) is 0 Å². The molecule has 22 valence electrons. The van der Waals surface area contributed by atoms with Crippen molar-refractivity contribution >= 4 is 24.6 Å². The summed E-state index contributed by atoms with van der Waals surface area (Å²) < 4.78 is 0. The Labute approximate surface area is 36.2 Å². The summed E-state index contributed by atoms with van der Waals surface area (Å²) in [5.41, 5.74) is 2.54. The third-order valence-corrected chi connectivity index (χ3v) is 0.932. The van der Waals surface area contributed by atoms with Crippen molar-refractivity contribution < 1.29 is 0 Å². The first-order valence-corrected chi connectivity index (χ1v) is 2.41. The third-order valence-electron chi connectivity index (χ3n) is 0.0598. The second kappa shape index (κ2) is 3.69. The first-order valence-electron chi connectivity index (χ1n) is 0.844. The Hall–Kier alpha value is 0.690. The van der Waals surface area contributed by atoms with Crippen LogP contribution in [0.1, 0.15) is 0 Å². The van der Waals surface area contributed by atoms with Crippen molar-refractivity contribution in [2.24, 2.45) is 0 Å². The van der Waals surface area contributed by atoms with Crippen LogP contribution in [0.5, 0.6) is 0 Å². The standard InChI is InChI=1S/C2H2BrP/c3-1-2-4/h1H2. The summed E-state index contributed by atoms with van der Waals surface area (Å²) in [5.74, 6) is 0. The van der Waals surface area contributed by atoms with E-state index >= 15 is 0 Å². The molecule has 0 heterocycles. The maximum atomic E-state index is 3.62. The van der Waals surface area contributed by atoms with Gasteiger partial charge in [0.1, 0.15) is 0 Å². The van der Waals surface area contributed by atoms with Crippen LogP contribution >= 0.6 is 24.6 Å². The van der Waals surface area contributed by atoms with E-state index in [2.05, 4.69) is 30.3 Å². The van der Waals surface area contributed by atoms with Gasteiger partial charge in [-0.05, 0) is 0 Å². The molecule has 0 unspecified atom stereocenters. The molecular weight excluding hydrogens is 135 g/mol. The van der Waals surface area contributed by atoms with E-state index < -0.39 is 0 Å². The first-order chi connectivity index (χ1) is 1.91. The molecule has 0 aromatic heterocycles. The molecule has 0 aliphatic heterocycles. The second-order valence-corrected chi connectivity index (χ2v) is 1.17. The topological polar surface area (TPSA) is 0 Å². The van der Waals surface area contributed by atoms with E-state index in [1.807, 2.05) is 0 Å². The van der Waals surface area contributed by atoms with Gasteiger partial charge in [0.05, 0.1) is 0 Å². The number of hydrogen-bond acceptors (Lipinski definition) is 0. The van der Waals surface area contributed by atoms with Crippen LogP contribution < -0.4 is 0 Å². The van der Waals surface area contributed by atoms with Gasteiger partial charge in [-0.25, -0.2) is 0 Å². The van der Waals surface area contributed by atoms with Crippen molar-refractivity contribution in [3.63, 3.8) is 0 Å². The van der Waals surface area contributed by atoms with Crippen molar-refractivity contribution in [2.75, 3.05) is 5.33 Å². The van der Waals surface area contributed by atoms with Gasteiger partial charge in [0, 0.05) is 0 Å². The summed E-state index contributed by atoms with van der Waals surface area (Å²) in [5, 5.41) is 0.746. The van der Waals surface area contributed by atoms with Crippen LogP contribution in [0.3, 0.4) is 0 Å². The molecule has 0 spiro atoms. The Balaban J connectivity index is 2.43. The molecule has 0 bridgehead atoms. The Morgan fingerprint density at radius 2 is 2.25 bits per heavy atom. The predicted molar refractivity (Wildman–Crippen MR) is 24.6 cm³/mol. The predicted octanol–water partition coefficient (Wildman–Crippen LogP) is 1.75. The molecule has 0 atom stereocenters. The molecule has 0 amide bonds. The number of rotatable bonds is 0. The summed E-state index contributed by atoms with van der Waals surface area (Å²) in [6, 6.07) is 0. The van der Waals surface area contributed by atoms with Crippen LogP contribution in [0.25, 0.3) is 0 Å². The van der Waals surface area contributed by atoms with E-state index in [1.165, 1.54) is 0 Å². The third kappa shape index (κ3) is 2.69. The molecule has 0 fully saturated rings. The van der Waals surface area contributed by atoms with E-state index in [0.29, 0.717) is 0 Å². The van der Waals surface area contributed by atoms with E-state index in [-0.39, 0.29) is 0 Å². The maximum absolute atomic E-state index is 3.62. The van der Waals surface area contributed by atoms with E-state index in [0.717, 1.165) is 5.33 Å². The van der Waals surface area contributed by atoms with Gasteiger partial charge < -0.3 is 0 Å². The van der Waals surface area contributed by atoms with Gasteiger partial charge in [-0.15, -0.1) is 0 Å². The molecule has 0 saturated heterocycles. The first kappa shape index (κ1) is 4.69. The normalized spacial score (nSPS) is 5.00. The zero-order valence-corrected chi connectivity index (χ0v) is 4.51. The quantitative estimate of drug-likeness (QED) is 0.352. The SMILES string of the molecule is P#CCBr. The van der Waals surface area contributed by atoms with Gasteiger partial charge in [0.15, 0.2) is 0 Å². The molecule has 0 aromatic rings. The Morgan fingerprint density at radius 3 is 2.25 bits per heavy atom. The molecule has 0 nitrogen and oxygen atoms in total. The summed E-state index contributed by atoms with van der Waals surface area (Å²) >= 11 is 3.06. The molecule has 0 saturated carbocycles. The van der Waals surface area contributed by atoms with Crippen LogP contribution in [0.2, 0.25) is 0 Å². The minimum atomic E-state index is 0.746. The molecule has 0 aromatic carbocycles. The van der Waals surface area contributed by atoms with Gasteiger partial charge in [0.2, 0.25) is 0 Å². The molecule has 4 heavy (non-hydrogen) atoms. The average Bonchev–Trinajstić information content (AvgIpc) is 1.37. The summed E-state index contributed by atoms with van der Waals surface area (Å²) in [6.45, 7) is 0. The number of halogens is 1. The van der Waals surface area contributed by atoms with Crippen LogP contribution in [0.4, 0.5) is 0 Å². The van der Waals surface area contributed by atoms with Gasteiger partial charge in [-0.2, -0.15) is 0 Å². The van der Waals surface area contributed by atoms with Crippen LogP contribution in [0.15, 0.2) is 0 Å². The Kier molecular flexibility index (Phi) is 4.33. The van der Waals surface area contributed by atoms with Crippen molar-refractivity contribution in [3.8, 4) is 5.63 Å². The minimum absolute atomic E-state index is 0.746. The van der Waals surface area contributed by atoms with Gasteiger partial charge in [-0.1, -0.05) is 0 Å². The molecule has 0 aliphatic rings. The van der Waals surface area contributed by atoms with E-state index in [1.54, 1.807) is 0 Å². The van der Waals surface area contributed by atoms with Crippen molar-refractivity contribution in [2.45, 2.75) is 0 Å². The molecule has 2 heteroatoms. The van der Waals surface area contributed by atoms with Gasteiger partial charge in [0.25, 0.3) is 0 Å². The zero-order valence-electron chi connectivity index (χ0n) is 2.03. The van der Waals surface area contributed by atoms with E-state index in [9.17, 15) is 0 Å². The number of alkyl halides is 1. The fourth-order valence-electron chi connectivity index (χ4n) is 0. The van der Waals surface area contributed by atoms with Crippen molar-refractivity contribution in [1.82, 2.24) is 0 Å². The summed E-state index contributed by atoms with van der Waals surface area (Å²) in [6.07, 6.45) is 0. The van der Waals surface area contributed by atoms with E-state index in [4.69, 9.17) is 0 Å². The van der Waals surface area contributed by atoms with Crippen molar-refractivity contribution in [3.05, 3.63) is 0 Å². The van der Waals surface area contributed by atoms with Crippen LogP contribution in [-0.4, -0.2) is 5.33 Å². The average molecular weight is 137 g/mol. The Bertz CT molecular complexity index is 35.8. The molecule has 0 radical (unpaired) electrons. The van der Waals surface area contributed by atoms with Crippen LogP contribution in [-0.2, 0) is 0 Å². The second-order valence-electron chi connectivity index (χ2n) is 0.292. The molecule has 0 N–H and O–H groups in total. The molecule has 0 rings (SSSR count). The monoisotopic (exact) mass is 136 g/mol.